The van der Waals surface area contributed by atoms with Gasteiger partial charge in [0.05, 0.1) is 7.11 Å². The first-order chi connectivity index (χ1) is 9.19. The van der Waals surface area contributed by atoms with Crippen molar-refractivity contribution in [1.82, 2.24) is 10.3 Å². The summed E-state index contributed by atoms with van der Waals surface area (Å²) in [6, 6.07) is 10.9. The van der Waals surface area contributed by atoms with E-state index in [4.69, 9.17) is 4.74 Å². The maximum absolute atomic E-state index is 11.9. The Labute approximate surface area is 119 Å². The molecule has 0 atom stereocenters. The molecule has 0 aliphatic rings. The molecule has 0 aliphatic heterocycles. The van der Waals surface area contributed by atoms with Crippen molar-refractivity contribution in [2.75, 3.05) is 7.11 Å². The fraction of sp³-hybridized carbons (Fsp3) is 0.143. The highest BCUT2D eigenvalue weighted by Crippen LogP contribution is 2.11. The quantitative estimate of drug-likeness (QED) is 0.881. The molecule has 0 saturated carbocycles. The number of nitrogens with zero attached hydrogens (tertiary/aromatic N) is 1. The molecule has 1 aromatic carbocycles. The Bertz CT molecular complexity index is 570. The molecule has 0 bridgehead atoms. The van der Waals surface area contributed by atoms with Crippen LogP contribution in [0.1, 0.15) is 15.9 Å². The highest BCUT2D eigenvalue weighted by atomic mass is 79.9. The number of hydrogen-bond donors (Lipinski definition) is 1. The number of nitrogens with one attached hydrogen (secondary N) is 1. The monoisotopic (exact) mass is 320 g/mol. The van der Waals surface area contributed by atoms with Crippen LogP contribution in [0, 0.1) is 0 Å². The summed E-state index contributed by atoms with van der Waals surface area (Å²) >= 11 is 3.24. The molecular formula is C14H13BrN2O2. The standard InChI is InChI=1S/C14H13BrN2O2/c1-19-12-4-2-10(3-5-12)9-17-14(18)11-6-7-16-13(15)8-11/h2-8H,9H2,1H3,(H,17,18). The van der Waals surface area contributed by atoms with Crippen LogP contribution < -0.4 is 10.1 Å². The van der Waals surface area contributed by atoms with Gasteiger partial charge in [-0.2, -0.15) is 0 Å². The van der Waals surface area contributed by atoms with Crippen LogP contribution in [0.5, 0.6) is 5.75 Å². The third-order valence-corrected chi connectivity index (χ3v) is 3.03. The summed E-state index contributed by atoms with van der Waals surface area (Å²) in [6.07, 6.45) is 1.59. The lowest BCUT2D eigenvalue weighted by atomic mass is 10.2. The normalized spacial score (nSPS) is 10.0. The number of ether oxygens (including phenoxy) is 1. The molecule has 98 valence electrons. The van der Waals surface area contributed by atoms with Crippen LogP contribution in [0.2, 0.25) is 0 Å². The molecular weight excluding hydrogens is 308 g/mol. The Morgan fingerprint density at radius 3 is 2.68 bits per heavy atom. The lowest BCUT2D eigenvalue weighted by molar-refractivity contribution is 0.0950. The van der Waals surface area contributed by atoms with Gasteiger partial charge in [-0.25, -0.2) is 4.98 Å². The zero-order valence-electron chi connectivity index (χ0n) is 10.4. The topological polar surface area (TPSA) is 51.2 Å². The Morgan fingerprint density at radius 1 is 1.32 bits per heavy atom. The van der Waals surface area contributed by atoms with Gasteiger partial charge in [0.25, 0.3) is 5.91 Å². The molecule has 0 radical (unpaired) electrons. The average Bonchev–Trinajstić information content (AvgIpc) is 2.45. The number of amides is 1. The van der Waals surface area contributed by atoms with E-state index >= 15 is 0 Å². The first kappa shape index (κ1) is 13.5. The van der Waals surface area contributed by atoms with Crippen LogP contribution in [-0.2, 0) is 6.54 Å². The number of rotatable bonds is 4. The first-order valence-corrected chi connectivity index (χ1v) is 6.51. The Kier molecular flexibility index (Phi) is 4.52. The number of methoxy groups -OCH3 is 1. The van der Waals surface area contributed by atoms with Gasteiger partial charge >= 0.3 is 0 Å². The molecule has 5 heteroatoms. The summed E-state index contributed by atoms with van der Waals surface area (Å²) in [5.41, 5.74) is 1.60. The second-order valence-electron chi connectivity index (χ2n) is 3.90. The van der Waals surface area contributed by atoms with E-state index in [-0.39, 0.29) is 5.91 Å². The largest absolute Gasteiger partial charge is 0.497 e. The summed E-state index contributed by atoms with van der Waals surface area (Å²) in [5.74, 6) is 0.673. The molecule has 0 saturated heterocycles. The number of carbonyl (C=O) groups is 1. The summed E-state index contributed by atoms with van der Waals surface area (Å²) < 4.78 is 5.72. The van der Waals surface area contributed by atoms with E-state index in [9.17, 15) is 4.79 Å². The van der Waals surface area contributed by atoms with Gasteiger partial charge in [0.1, 0.15) is 10.4 Å². The summed E-state index contributed by atoms with van der Waals surface area (Å²) in [5, 5.41) is 2.85. The van der Waals surface area contributed by atoms with Gasteiger partial charge < -0.3 is 10.1 Å². The lowest BCUT2D eigenvalue weighted by Crippen LogP contribution is -2.22. The van der Waals surface area contributed by atoms with Crippen molar-refractivity contribution in [3.05, 3.63) is 58.3 Å². The van der Waals surface area contributed by atoms with Crippen molar-refractivity contribution < 1.29 is 9.53 Å². The molecule has 0 spiro atoms. The molecule has 2 aromatic rings. The van der Waals surface area contributed by atoms with Gasteiger partial charge in [0.2, 0.25) is 0 Å². The van der Waals surface area contributed by atoms with E-state index in [1.165, 1.54) is 0 Å². The second-order valence-corrected chi connectivity index (χ2v) is 4.71. The van der Waals surface area contributed by atoms with Gasteiger partial charge in [0.15, 0.2) is 0 Å². The second kappa shape index (κ2) is 6.33. The van der Waals surface area contributed by atoms with E-state index in [0.717, 1.165) is 11.3 Å². The Balaban J connectivity index is 1.96. The van der Waals surface area contributed by atoms with E-state index < -0.39 is 0 Å². The molecule has 0 aliphatic carbocycles. The molecule has 19 heavy (non-hydrogen) atoms. The highest BCUT2D eigenvalue weighted by molar-refractivity contribution is 9.10. The summed E-state index contributed by atoms with van der Waals surface area (Å²) in [6.45, 7) is 0.475. The van der Waals surface area contributed by atoms with Crippen LogP contribution in [0.4, 0.5) is 0 Å². The molecule has 0 unspecified atom stereocenters. The van der Waals surface area contributed by atoms with Gasteiger partial charge in [-0.05, 0) is 45.8 Å². The van der Waals surface area contributed by atoms with Gasteiger partial charge in [-0.1, -0.05) is 12.1 Å². The van der Waals surface area contributed by atoms with Crippen molar-refractivity contribution in [3.63, 3.8) is 0 Å². The van der Waals surface area contributed by atoms with Crippen LogP contribution in [0.25, 0.3) is 0 Å². The van der Waals surface area contributed by atoms with Crippen molar-refractivity contribution in [1.29, 1.82) is 0 Å². The third-order valence-electron chi connectivity index (χ3n) is 2.60. The highest BCUT2D eigenvalue weighted by Gasteiger charge is 2.05. The Hall–Kier alpha value is -1.88. The van der Waals surface area contributed by atoms with Crippen LogP contribution in [0.3, 0.4) is 0 Å². The molecule has 1 heterocycles. The molecule has 2 rings (SSSR count). The van der Waals surface area contributed by atoms with Gasteiger partial charge in [0, 0.05) is 18.3 Å². The predicted molar refractivity (Wildman–Crippen MR) is 76.1 cm³/mol. The molecule has 0 fully saturated rings. The number of pyridine rings is 1. The van der Waals surface area contributed by atoms with Crippen molar-refractivity contribution >= 4 is 21.8 Å². The molecule has 4 nitrogen and oxygen atoms in total. The number of aromatic nitrogens is 1. The molecule has 1 N–H and O–H groups in total. The number of hydrogen-bond acceptors (Lipinski definition) is 3. The number of halogens is 1. The number of carbonyl (C=O) groups excluding carboxylic acids is 1. The predicted octanol–water partition coefficient (Wildman–Crippen LogP) is 2.78. The van der Waals surface area contributed by atoms with E-state index in [1.807, 2.05) is 24.3 Å². The molecule has 1 amide bonds. The van der Waals surface area contributed by atoms with Crippen molar-refractivity contribution in [3.8, 4) is 5.75 Å². The maximum atomic E-state index is 11.9. The van der Waals surface area contributed by atoms with Crippen LogP contribution >= 0.6 is 15.9 Å². The van der Waals surface area contributed by atoms with E-state index in [2.05, 4.69) is 26.2 Å². The minimum absolute atomic E-state index is 0.126. The van der Waals surface area contributed by atoms with Crippen LogP contribution in [0.15, 0.2) is 47.2 Å². The fourth-order valence-electron chi connectivity index (χ4n) is 1.57. The fourth-order valence-corrected chi connectivity index (χ4v) is 1.94. The zero-order chi connectivity index (χ0) is 13.7. The van der Waals surface area contributed by atoms with Crippen molar-refractivity contribution in [2.45, 2.75) is 6.54 Å². The van der Waals surface area contributed by atoms with Gasteiger partial charge in [-0.3, -0.25) is 4.79 Å². The lowest BCUT2D eigenvalue weighted by Gasteiger charge is -2.06. The first-order valence-electron chi connectivity index (χ1n) is 5.72. The van der Waals surface area contributed by atoms with Gasteiger partial charge in [-0.15, -0.1) is 0 Å². The SMILES string of the molecule is COc1ccc(CNC(=O)c2ccnc(Br)c2)cc1. The Morgan fingerprint density at radius 2 is 2.05 bits per heavy atom. The number of benzene rings is 1. The molecule has 1 aromatic heterocycles. The minimum atomic E-state index is -0.126. The summed E-state index contributed by atoms with van der Waals surface area (Å²) in [4.78, 5) is 15.9. The third kappa shape index (κ3) is 3.79. The van der Waals surface area contributed by atoms with Crippen LogP contribution in [-0.4, -0.2) is 18.0 Å². The summed E-state index contributed by atoms with van der Waals surface area (Å²) in [7, 11) is 1.62. The zero-order valence-corrected chi connectivity index (χ0v) is 12.0. The minimum Gasteiger partial charge on any atom is -0.497 e. The smallest absolute Gasteiger partial charge is 0.251 e. The van der Waals surface area contributed by atoms with Crippen molar-refractivity contribution in [2.24, 2.45) is 0 Å². The van der Waals surface area contributed by atoms with E-state index in [0.29, 0.717) is 16.7 Å². The maximum Gasteiger partial charge on any atom is 0.251 e. The van der Waals surface area contributed by atoms with E-state index in [1.54, 1.807) is 25.4 Å². The average molecular weight is 321 g/mol.